The van der Waals surface area contributed by atoms with Gasteiger partial charge in [-0.1, -0.05) is 38.6 Å². The minimum Gasteiger partial charge on any atom is -0.336 e. The van der Waals surface area contributed by atoms with Crippen LogP contribution in [-0.4, -0.2) is 31.0 Å². The van der Waals surface area contributed by atoms with Crippen molar-refractivity contribution in [3.63, 3.8) is 0 Å². The van der Waals surface area contributed by atoms with Gasteiger partial charge in [0.05, 0.1) is 15.5 Å². The number of thioether (sulfide) groups is 1. The number of hydrogen-bond donors (Lipinski definition) is 2. The first-order valence-electron chi connectivity index (χ1n) is 10.3. The van der Waals surface area contributed by atoms with Crippen LogP contribution in [0.15, 0.2) is 47.6 Å². The lowest BCUT2D eigenvalue weighted by atomic mass is 9.96. The molecule has 0 aliphatic heterocycles. The first kappa shape index (κ1) is 22.3. The predicted molar refractivity (Wildman–Crippen MR) is 133 cm³/mol. The fourth-order valence-electron chi connectivity index (χ4n) is 3.18. The molecular weight excluding hydrogens is 440 g/mol. The zero-order valence-electron chi connectivity index (χ0n) is 18.7. The highest BCUT2D eigenvalue weighted by Gasteiger charge is 2.25. The molecule has 0 saturated carbocycles. The second kappa shape index (κ2) is 8.55. The van der Waals surface area contributed by atoms with Crippen molar-refractivity contribution in [2.24, 2.45) is 0 Å². The van der Waals surface area contributed by atoms with Gasteiger partial charge >= 0.3 is 0 Å². The largest absolute Gasteiger partial charge is 0.336 e. The van der Waals surface area contributed by atoms with Gasteiger partial charge in [-0.05, 0) is 55.8 Å². The molecule has 7 nitrogen and oxygen atoms in total. The van der Waals surface area contributed by atoms with Crippen LogP contribution in [-0.2, 0) is 10.2 Å². The van der Waals surface area contributed by atoms with E-state index in [1.54, 1.807) is 11.3 Å². The molecule has 0 bridgehead atoms. The number of anilines is 1. The number of hydrogen-bond acceptors (Lipinski definition) is 7. The van der Waals surface area contributed by atoms with E-state index in [2.05, 4.69) is 34.6 Å². The van der Waals surface area contributed by atoms with Gasteiger partial charge in [0.15, 0.2) is 5.82 Å². The van der Waals surface area contributed by atoms with Crippen LogP contribution >= 0.6 is 23.1 Å². The maximum absolute atomic E-state index is 12.7. The van der Waals surface area contributed by atoms with Gasteiger partial charge in [-0.25, -0.2) is 9.66 Å². The highest BCUT2D eigenvalue weighted by atomic mass is 32.2. The number of nitrogen functional groups attached to an aromatic ring is 1. The fourth-order valence-corrected chi connectivity index (χ4v) is 5.02. The molecule has 0 aliphatic rings. The van der Waals surface area contributed by atoms with Crippen LogP contribution in [0.2, 0.25) is 0 Å². The van der Waals surface area contributed by atoms with Gasteiger partial charge in [0.25, 0.3) is 0 Å². The average Bonchev–Trinajstić information content (AvgIpc) is 3.31. The molecule has 2 aromatic carbocycles. The Morgan fingerprint density at radius 3 is 2.53 bits per heavy atom. The van der Waals surface area contributed by atoms with Crippen molar-refractivity contribution in [3.8, 4) is 10.6 Å². The van der Waals surface area contributed by atoms with Gasteiger partial charge in [-0.3, -0.25) is 4.79 Å². The van der Waals surface area contributed by atoms with Crippen LogP contribution in [0.1, 0.15) is 39.1 Å². The Kier molecular flexibility index (Phi) is 5.96. The van der Waals surface area contributed by atoms with Crippen molar-refractivity contribution < 1.29 is 4.79 Å². The molecule has 3 N–H and O–H groups in total. The third-order valence-corrected chi connectivity index (χ3v) is 7.05. The van der Waals surface area contributed by atoms with Crippen LogP contribution in [0.4, 0.5) is 5.69 Å². The number of rotatable bonds is 5. The summed E-state index contributed by atoms with van der Waals surface area (Å²) >= 11 is 2.95. The minimum atomic E-state index is -0.388. The highest BCUT2D eigenvalue weighted by Crippen LogP contribution is 2.31. The summed E-state index contributed by atoms with van der Waals surface area (Å²) in [7, 11) is 0. The van der Waals surface area contributed by atoms with Crippen molar-refractivity contribution >= 4 is 44.9 Å². The van der Waals surface area contributed by atoms with Crippen LogP contribution in [0.3, 0.4) is 0 Å². The average molecular weight is 467 g/mol. The number of nitrogens with zero attached hydrogens (tertiary/aromatic N) is 4. The zero-order valence-corrected chi connectivity index (χ0v) is 20.3. The van der Waals surface area contributed by atoms with Crippen molar-refractivity contribution in [1.29, 1.82) is 0 Å². The summed E-state index contributed by atoms with van der Waals surface area (Å²) in [5.41, 5.74) is 3.75. The molecule has 166 valence electrons. The van der Waals surface area contributed by atoms with E-state index in [1.165, 1.54) is 26.7 Å². The number of carbonyl (C=O) groups excluding carboxylic acids is 1. The number of fused-ring (bicyclic) bond motifs is 1. The molecule has 0 fully saturated rings. The smallest absolute Gasteiger partial charge is 0.237 e. The standard InChI is InChI=1S/C23H26N6OS2/c1-13-6-11-17-18(12-13)32-20(26-17)15-7-9-16(10-8-15)25-19(30)14(2)31-22-28-27-21(29(22)24)23(3,4)5/h6-12,14H,24H2,1-5H3,(H,25,30). The Balaban J connectivity index is 1.42. The molecule has 1 amide bonds. The van der Waals surface area contributed by atoms with E-state index in [1.807, 2.05) is 58.0 Å². The molecule has 4 rings (SSSR count). The third kappa shape index (κ3) is 4.63. The molecular formula is C23H26N6OS2. The van der Waals surface area contributed by atoms with Gasteiger partial charge in [-0.15, -0.1) is 21.5 Å². The highest BCUT2D eigenvalue weighted by molar-refractivity contribution is 8.00. The lowest BCUT2D eigenvalue weighted by molar-refractivity contribution is -0.115. The molecule has 0 spiro atoms. The van der Waals surface area contributed by atoms with E-state index in [4.69, 9.17) is 10.8 Å². The van der Waals surface area contributed by atoms with Gasteiger partial charge in [-0.2, -0.15) is 0 Å². The molecule has 9 heteroatoms. The van der Waals surface area contributed by atoms with Crippen molar-refractivity contribution in [1.82, 2.24) is 19.9 Å². The van der Waals surface area contributed by atoms with Gasteiger partial charge in [0, 0.05) is 16.7 Å². The van der Waals surface area contributed by atoms with E-state index in [-0.39, 0.29) is 16.6 Å². The zero-order chi connectivity index (χ0) is 23.0. The molecule has 4 aromatic rings. The van der Waals surface area contributed by atoms with Crippen LogP contribution in [0.5, 0.6) is 0 Å². The molecule has 0 saturated heterocycles. The molecule has 1 atom stereocenters. The number of thiazole rings is 1. The maximum atomic E-state index is 12.7. The second-order valence-corrected chi connectivity index (χ2v) is 11.1. The van der Waals surface area contributed by atoms with E-state index < -0.39 is 0 Å². The molecule has 0 aliphatic carbocycles. The Morgan fingerprint density at radius 1 is 1.16 bits per heavy atom. The number of nitrogens with two attached hydrogens (primary N) is 1. The molecule has 0 radical (unpaired) electrons. The first-order valence-corrected chi connectivity index (χ1v) is 12.0. The summed E-state index contributed by atoms with van der Waals surface area (Å²) in [6.07, 6.45) is 0. The normalized spacial score (nSPS) is 12.8. The Bertz CT molecular complexity index is 1270. The lowest BCUT2D eigenvalue weighted by Crippen LogP contribution is -2.26. The SMILES string of the molecule is Cc1ccc2nc(-c3ccc(NC(=O)C(C)Sc4nnc(C(C)(C)C)n4N)cc3)sc2c1. The summed E-state index contributed by atoms with van der Waals surface area (Å²) < 4.78 is 2.63. The quantitative estimate of drug-likeness (QED) is 0.317. The molecule has 32 heavy (non-hydrogen) atoms. The molecule has 2 aromatic heterocycles. The minimum absolute atomic E-state index is 0.126. The Morgan fingerprint density at radius 2 is 1.88 bits per heavy atom. The Hall–Kier alpha value is -2.91. The lowest BCUT2D eigenvalue weighted by Gasteiger charge is -2.17. The van der Waals surface area contributed by atoms with Gasteiger partial charge in [0.2, 0.25) is 11.1 Å². The van der Waals surface area contributed by atoms with Crippen LogP contribution in [0.25, 0.3) is 20.8 Å². The number of benzene rings is 2. The number of aromatic nitrogens is 4. The van der Waals surface area contributed by atoms with Crippen molar-refractivity contribution in [2.75, 3.05) is 11.2 Å². The van der Waals surface area contributed by atoms with Crippen molar-refractivity contribution in [2.45, 2.75) is 50.4 Å². The van der Waals surface area contributed by atoms with Gasteiger partial charge in [0.1, 0.15) is 5.01 Å². The summed E-state index contributed by atoms with van der Waals surface area (Å²) in [5, 5.41) is 12.4. The number of aryl methyl sites for hydroxylation is 1. The van der Waals surface area contributed by atoms with E-state index in [0.717, 1.165) is 21.8 Å². The number of carbonyl (C=O) groups is 1. The van der Waals surface area contributed by atoms with Crippen molar-refractivity contribution in [3.05, 3.63) is 53.9 Å². The maximum Gasteiger partial charge on any atom is 0.237 e. The number of nitrogens with one attached hydrogen (secondary N) is 1. The summed E-state index contributed by atoms with van der Waals surface area (Å²) in [4.78, 5) is 17.4. The summed E-state index contributed by atoms with van der Waals surface area (Å²) in [5.74, 6) is 6.68. The predicted octanol–water partition coefficient (Wildman–Crippen LogP) is 4.99. The molecule has 2 heterocycles. The summed E-state index contributed by atoms with van der Waals surface area (Å²) in [6.45, 7) is 9.96. The molecule has 1 unspecified atom stereocenters. The topological polar surface area (TPSA) is 98.7 Å². The van der Waals surface area contributed by atoms with Crippen LogP contribution < -0.4 is 11.2 Å². The second-order valence-electron chi connectivity index (χ2n) is 8.74. The van der Waals surface area contributed by atoms with Gasteiger partial charge < -0.3 is 11.2 Å². The number of amides is 1. The van der Waals surface area contributed by atoms with Crippen LogP contribution in [0, 0.1) is 6.92 Å². The fraction of sp³-hybridized carbons (Fsp3) is 0.304. The first-order chi connectivity index (χ1) is 15.1. The van der Waals surface area contributed by atoms with E-state index in [9.17, 15) is 4.79 Å². The monoisotopic (exact) mass is 466 g/mol. The Labute approximate surface area is 195 Å². The van der Waals surface area contributed by atoms with E-state index >= 15 is 0 Å². The summed E-state index contributed by atoms with van der Waals surface area (Å²) in [6, 6.07) is 14.0. The third-order valence-electron chi connectivity index (χ3n) is 4.93. The van der Waals surface area contributed by atoms with E-state index in [0.29, 0.717) is 11.0 Å².